The van der Waals surface area contributed by atoms with Crippen LogP contribution in [-0.4, -0.2) is 25.1 Å². The molecule has 0 radical (unpaired) electrons. The van der Waals surface area contributed by atoms with E-state index in [0.29, 0.717) is 12.5 Å². The topological polar surface area (TPSA) is 64.3 Å². The van der Waals surface area contributed by atoms with Crippen LogP contribution in [0.1, 0.15) is 32.8 Å². The molecule has 21 heavy (non-hydrogen) atoms. The van der Waals surface area contributed by atoms with Gasteiger partial charge in [0.1, 0.15) is 5.75 Å². The molecule has 0 bridgehead atoms. The second kappa shape index (κ2) is 10.5. The van der Waals surface area contributed by atoms with Crippen LogP contribution in [0.4, 0.5) is 0 Å². The van der Waals surface area contributed by atoms with Gasteiger partial charge in [0.25, 0.3) is 5.91 Å². The number of carbonyl (C=O) groups excluding carboxylic acids is 1. The summed E-state index contributed by atoms with van der Waals surface area (Å²) in [5.41, 5.74) is 6.78. The normalized spacial score (nSPS) is 11.7. The van der Waals surface area contributed by atoms with Crippen molar-refractivity contribution in [1.29, 1.82) is 0 Å². The van der Waals surface area contributed by atoms with Gasteiger partial charge in [0.15, 0.2) is 6.61 Å². The lowest BCUT2D eigenvalue weighted by atomic mass is 10.0. The standard InChI is InChI=1S/C16H26N2O2.ClH/c1-4-13-7-5-6-8-15(13)20-11-16(19)18-14(10-17)9-12(2)3;/h5-8,12,14H,4,9-11,17H2,1-3H3,(H,18,19);1H. The Kier molecular flexibility index (Phi) is 9.84. The maximum atomic E-state index is 11.9. The van der Waals surface area contributed by atoms with Crippen molar-refractivity contribution >= 4 is 18.3 Å². The van der Waals surface area contributed by atoms with Gasteiger partial charge in [-0.15, -0.1) is 12.4 Å². The first-order valence-electron chi connectivity index (χ1n) is 7.26. The molecule has 5 heteroatoms. The highest BCUT2D eigenvalue weighted by Crippen LogP contribution is 2.17. The molecule has 1 aromatic carbocycles. The lowest BCUT2D eigenvalue weighted by Crippen LogP contribution is -2.43. The smallest absolute Gasteiger partial charge is 0.258 e. The highest BCUT2D eigenvalue weighted by molar-refractivity contribution is 5.85. The first kappa shape index (κ1) is 19.7. The van der Waals surface area contributed by atoms with Crippen molar-refractivity contribution in [3.05, 3.63) is 29.8 Å². The number of nitrogens with one attached hydrogen (secondary N) is 1. The van der Waals surface area contributed by atoms with Gasteiger partial charge in [-0.1, -0.05) is 39.0 Å². The zero-order valence-electron chi connectivity index (χ0n) is 13.1. The number of rotatable bonds is 8. The summed E-state index contributed by atoms with van der Waals surface area (Å²) in [6.07, 6.45) is 1.77. The highest BCUT2D eigenvalue weighted by atomic mass is 35.5. The van der Waals surface area contributed by atoms with Crippen molar-refractivity contribution in [3.63, 3.8) is 0 Å². The van der Waals surface area contributed by atoms with E-state index < -0.39 is 0 Å². The van der Waals surface area contributed by atoms with E-state index in [2.05, 4.69) is 26.1 Å². The van der Waals surface area contributed by atoms with Crippen molar-refractivity contribution in [2.24, 2.45) is 11.7 Å². The van der Waals surface area contributed by atoms with Gasteiger partial charge in [-0.3, -0.25) is 4.79 Å². The Morgan fingerprint density at radius 2 is 2.00 bits per heavy atom. The number of aryl methyl sites for hydroxylation is 1. The quantitative estimate of drug-likeness (QED) is 0.775. The fourth-order valence-electron chi connectivity index (χ4n) is 2.13. The van der Waals surface area contributed by atoms with Crippen molar-refractivity contribution in [2.75, 3.05) is 13.2 Å². The molecule has 1 amide bonds. The second-order valence-electron chi connectivity index (χ2n) is 5.38. The van der Waals surface area contributed by atoms with E-state index in [1.165, 1.54) is 0 Å². The molecule has 0 spiro atoms. The number of ether oxygens (including phenoxy) is 1. The molecular weight excluding hydrogens is 288 g/mol. The van der Waals surface area contributed by atoms with Gasteiger partial charge in [-0.2, -0.15) is 0 Å². The third kappa shape index (κ3) is 7.34. The number of para-hydroxylation sites is 1. The van der Waals surface area contributed by atoms with Crippen molar-refractivity contribution in [1.82, 2.24) is 5.32 Å². The molecule has 1 atom stereocenters. The van der Waals surface area contributed by atoms with Crippen molar-refractivity contribution in [2.45, 2.75) is 39.7 Å². The van der Waals surface area contributed by atoms with E-state index in [9.17, 15) is 4.79 Å². The van der Waals surface area contributed by atoms with Gasteiger partial charge >= 0.3 is 0 Å². The molecule has 0 aliphatic carbocycles. The lowest BCUT2D eigenvalue weighted by Gasteiger charge is -2.19. The SMILES string of the molecule is CCc1ccccc1OCC(=O)NC(CN)CC(C)C.Cl. The number of nitrogens with two attached hydrogens (primary N) is 1. The van der Waals surface area contributed by atoms with E-state index in [1.54, 1.807) is 0 Å². The molecule has 0 aliphatic rings. The second-order valence-corrected chi connectivity index (χ2v) is 5.38. The number of hydrogen-bond donors (Lipinski definition) is 2. The van der Waals surface area contributed by atoms with Crippen LogP contribution in [-0.2, 0) is 11.2 Å². The average molecular weight is 315 g/mol. The fraction of sp³-hybridized carbons (Fsp3) is 0.562. The van der Waals surface area contributed by atoms with Gasteiger partial charge < -0.3 is 15.8 Å². The van der Waals surface area contributed by atoms with Crippen LogP contribution in [0, 0.1) is 5.92 Å². The Hall–Kier alpha value is -1.26. The Balaban J connectivity index is 0.00000400. The minimum atomic E-state index is -0.119. The molecule has 1 aromatic rings. The largest absolute Gasteiger partial charge is 0.483 e. The summed E-state index contributed by atoms with van der Waals surface area (Å²) in [5, 5.41) is 2.92. The van der Waals surface area contributed by atoms with Crippen LogP contribution >= 0.6 is 12.4 Å². The molecular formula is C16H27ClN2O2. The Labute approximate surface area is 133 Å². The molecule has 0 saturated heterocycles. The Bertz CT molecular complexity index is 424. The maximum absolute atomic E-state index is 11.9. The molecule has 0 heterocycles. The molecule has 3 N–H and O–H groups in total. The Morgan fingerprint density at radius 3 is 2.57 bits per heavy atom. The molecule has 0 saturated carbocycles. The zero-order valence-corrected chi connectivity index (χ0v) is 13.9. The van der Waals surface area contributed by atoms with Crippen molar-refractivity contribution in [3.8, 4) is 5.75 Å². The fourth-order valence-corrected chi connectivity index (χ4v) is 2.13. The molecule has 0 fully saturated rings. The average Bonchev–Trinajstić information content (AvgIpc) is 2.44. The van der Waals surface area contributed by atoms with Crippen LogP contribution in [0.25, 0.3) is 0 Å². The third-order valence-electron chi connectivity index (χ3n) is 3.12. The zero-order chi connectivity index (χ0) is 15.0. The van der Waals surface area contributed by atoms with Crippen LogP contribution in [0.2, 0.25) is 0 Å². The van der Waals surface area contributed by atoms with Crippen LogP contribution in [0.3, 0.4) is 0 Å². The summed E-state index contributed by atoms with van der Waals surface area (Å²) >= 11 is 0. The van der Waals surface area contributed by atoms with E-state index in [1.807, 2.05) is 24.3 Å². The lowest BCUT2D eigenvalue weighted by molar-refractivity contribution is -0.123. The minimum Gasteiger partial charge on any atom is -0.483 e. The minimum absolute atomic E-state index is 0. The molecule has 1 unspecified atom stereocenters. The summed E-state index contributed by atoms with van der Waals surface area (Å²) in [7, 11) is 0. The van der Waals surface area contributed by atoms with Gasteiger partial charge in [0.05, 0.1) is 0 Å². The summed E-state index contributed by atoms with van der Waals surface area (Å²) in [6.45, 7) is 6.78. The number of carbonyl (C=O) groups is 1. The summed E-state index contributed by atoms with van der Waals surface area (Å²) in [5.74, 6) is 1.16. The van der Waals surface area contributed by atoms with E-state index in [4.69, 9.17) is 10.5 Å². The number of halogens is 1. The molecule has 4 nitrogen and oxygen atoms in total. The third-order valence-corrected chi connectivity index (χ3v) is 3.12. The highest BCUT2D eigenvalue weighted by Gasteiger charge is 2.13. The predicted molar refractivity (Wildman–Crippen MR) is 89.0 cm³/mol. The first-order valence-corrected chi connectivity index (χ1v) is 7.26. The maximum Gasteiger partial charge on any atom is 0.258 e. The van der Waals surface area contributed by atoms with E-state index in [-0.39, 0.29) is 31.0 Å². The molecule has 120 valence electrons. The number of hydrogen-bond acceptors (Lipinski definition) is 3. The van der Waals surface area contributed by atoms with Gasteiger partial charge in [-0.25, -0.2) is 0 Å². The number of benzene rings is 1. The Morgan fingerprint density at radius 1 is 1.33 bits per heavy atom. The van der Waals surface area contributed by atoms with E-state index >= 15 is 0 Å². The summed E-state index contributed by atoms with van der Waals surface area (Å²) in [4.78, 5) is 11.9. The number of amides is 1. The summed E-state index contributed by atoms with van der Waals surface area (Å²) < 4.78 is 5.59. The predicted octanol–water partition coefficient (Wildman–Crippen LogP) is 2.54. The first-order chi connectivity index (χ1) is 9.56. The summed E-state index contributed by atoms with van der Waals surface area (Å²) in [6, 6.07) is 7.80. The molecule has 0 aromatic heterocycles. The van der Waals surface area contributed by atoms with Crippen molar-refractivity contribution < 1.29 is 9.53 Å². The molecule has 1 rings (SSSR count). The van der Waals surface area contributed by atoms with Crippen LogP contribution in [0.15, 0.2) is 24.3 Å². The van der Waals surface area contributed by atoms with Gasteiger partial charge in [0.2, 0.25) is 0 Å². The van der Waals surface area contributed by atoms with Gasteiger partial charge in [-0.05, 0) is 30.4 Å². The van der Waals surface area contributed by atoms with E-state index in [0.717, 1.165) is 24.2 Å². The monoisotopic (exact) mass is 314 g/mol. The van der Waals surface area contributed by atoms with Crippen LogP contribution in [0.5, 0.6) is 5.75 Å². The van der Waals surface area contributed by atoms with Crippen LogP contribution < -0.4 is 15.8 Å². The molecule has 0 aliphatic heterocycles. The van der Waals surface area contributed by atoms with Gasteiger partial charge in [0, 0.05) is 12.6 Å².